The van der Waals surface area contributed by atoms with Crippen LogP contribution >= 0.6 is 0 Å². The second kappa shape index (κ2) is 10.8. The van der Waals surface area contributed by atoms with E-state index in [9.17, 15) is 19.5 Å². The van der Waals surface area contributed by atoms with Crippen molar-refractivity contribution in [2.45, 2.75) is 91.2 Å². The number of rotatable bonds is 8. The first kappa shape index (κ1) is 27.6. The molecule has 7 atom stereocenters. The summed E-state index contributed by atoms with van der Waals surface area (Å²) in [5.74, 6) is -0.492. The minimum Gasteiger partial charge on any atom is -0.480 e. The number of aliphatic carboxylic acids is 1. The van der Waals surface area contributed by atoms with Crippen LogP contribution in [0, 0.1) is 34.5 Å². The average molecular weight is 518 g/mol. The van der Waals surface area contributed by atoms with Gasteiger partial charge in [-0.2, -0.15) is 0 Å². The molecule has 4 rings (SSSR count). The molecule has 4 aliphatic carbocycles. The molecule has 9 nitrogen and oxygen atoms in total. The van der Waals surface area contributed by atoms with E-state index >= 15 is 0 Å². The van der Waals surface area contributed by atoms with Gasteiger partial charge in [0.2, 0.25) is 5.91 Å². The number of nitrogens with zero attached hydrogens (tertiary/aromatic N) is 1. The number of carboxylic acid groups (broad SMARTS) is 1. The van der Waals surface area contributed by atoms with Crippen LogP contribution in [0.15, 0.2) is 16.8 Å². The van der Waals surface area contributed by atoms with Crippen molar-refractivity contribution in [2.24, 2.45) is 39.7 Å². The van der Waals surface area contributed by atoms with Crippen molar-refractivity contribution in [3.8, 4) is 0 Å². The lowest BCUT2D eigenvalue weighted by Crippen LogP contribution is -2.51. The monoisotopic (exact) mass is 517 g/mol. The van der Waals surface area contributed by atoms with Gasteiger partial charge in [-0.3, -0.25) is 9.59 Å². The van der Waals surface area contributed by atoms with Crippen molar-refractivity contribution in [2.75, 3.05) is 13.2 Å². The molecule has 0 spiro atoms. The molecule has 9 heteroatoms. The first-order valence-electron chi connectivity index (χ1n) is 13.8. The molecule has 4 aliphatic rings. The minimum atomic E-state index is -1.11. The molecule has 0 radical (unpaired) electrons. The van der Waals surface area contributed by atoms with E-state index in [0.29, 0.717) is 17.8 Å². The number of oxime groups is 1. The topological polar surface area (TPSA) is 137 Å². The molecule has 0 aromatic rings. The van der Waals surface area contributed by atoms with Crippen LogP contribution in [0.3, 0.4) is 0 Å². The highest BCUT2D eigenvalue weighted by Gasteiger charge is 2.58. The largest absolute Gasteiger partial charge is 0.480 e. The molecular formula is C28H43N3O6. The summed E-state index contributed by atoms with van der Waals surface area (Å²) >= 11 is 0. The summed E-state index contributed by atoms with van der Waals surface area (Å²) in [6.07, 6.45) is 10.4. The number of carboxylic acids is 1. The second-order valence-electron chi connectivity index (χ2n) is 12.4. The number of carbonyl (C=O) groups is 3. The zero-order chi connectivity index (χ0) is 27.0. The molecule has 4 N–H and O–H groups in total. The molecule has 2 amide bonds. The number of allylic oxidation sites excluding steroid dienone is 2. The molecule has 3 fully saturated rings. The molecule has 0 aliphatic heterocycles. The Balaban J connectivity index is 1.28. The molecule has 0 saturated heterocycles. The highest BCUT2D eigenvalue weighted by atomic mass is 16.6. The van der Waals surface area contributed by atoms with Crippen LogP contribution in [0.1, 0.15) is 79.1 Å². The Kier molecular flexibility index (Phi) is 8.02. The maximum atomic E-state index is 12.1. The molecule has 3 saturated carbocycles. The van der Waals surface area contributed by atoms with Gasteiger partial charge in [0.05, 0.1) is 18.4 Å². The number of amides is 2. The maximum absolute atomic E-state index is 12.1. The standard InChI is InChI=1S/C28H43N3O6/c1-16(2)25(26(35)36)30-23(33)14-29-24(34)15-37-31-18-9-11-27(3)17(13-18)5-6-19-20-7-8-22(32)28(20,4)12-10-21(19)27/h13,16,19-22,25,32H,5-12,14-15H2,1-4H3,(H,29,34)(H,30,33)(H,35,36)/b31-18+/t19-,20-,21-,22+,25-,27-,28-/m0/s1. The first-order valence-corrected chi connectivity index (χ1v) is 13.8. The Morgan fingerprint density at radius 1 is 1.08 bits per heavy atom. The number of nitrogens with one attached hydrogen (secondary N) is 2. The van der Waals surface area contributed by atoms with E-state index in [1.165, 1.54) is 12.0 Å². The van der Waals surface area contributed by atoms with E-state index in [1.807, 2.05) is 0 Å². The predicted molar refractivity (Wildman–Crippen MR) is 139 cm³/mol. The number of hydrogen-bond acceptors (Lipinski definition) is 6. The Morgan fingerprint density at radius 2 is 1.84 bits per heavy atom. The fourth-order valence-corrected chi connectivity index (χ4v) is 7.76. The Hall–Kier alpha value is -2.42. The normalized spacial score (nSPS) is 36.6. The van der Waals surface area contributed by atoms with Crippen molar-refractivity contribution < 1.29 is 29.4 Å². The van der Waals surface area contributed by atoms with Crippen LogP contribution in [-0.2, 0) is 19.2 Å². The third kappa shape index (κ3) is 5.42. The summed E-state index contributed by atoms with van der Waals surface area (Å²) in [5, 5.41) is 28.9. The molecule has 0 unspecified atom stereocenters. The highest BCUT2D eigenvalue weighted by Crippen LogP contribution is 2.65. The zero-order valence-corrected chi connectivity index (χ0v) is 22.6. The van der Waals surface area contributed by atoms with Crippen LogP contribution < -0.4 is 10.6 Å². The SMILES string of the molecule is CC(C)[C@H](NC(=O)CNC(=O)CO/N=C1/C=C2CC[C@H]3[C@@H]4CC[C@@H](O)[C@@]4(C)CC[C@@H]3[C@@]2(C)CC1)C(=O)O. The molecule has 37 heavy (non-hydrogen) atoms. The van der Waals surface area contributed by atoms with Gasteiger partial charge >= 0.3 is 5.97 Å². The number of hydrogen-bond donors (Lipinski definition) is 4. The highest BCUT2D eigenvalue weighted by molar-refractivity contribution is 5.96. The van der Waals surface area contributed by atoms with E-state index in [2.05, 4.69) is 35.7 Å². The van der Waals surface area contributed by atoms with Gasteiger partial charge < -0.3 is 25.7 Å². The van der Waals surface area contributed by atoms with E-state index in [1.54, 1.807) is 13.8 Å². The summed E-state index contributed by atoms with van der Waals surface area (Å²) < 4.78 is 0. The van der Waals surface area contributed by atoms with Crippen molar-refractivity contribution in [3.63, 3.8) is 0 Å². The molecular weight excluding hydrogens is 474 g/mol. The van der Waals surface area contributed by atoms with Crippen LogP contribution in [0.5, 0.6) is 0 Å². The molecule has 0 aromatic carbocycles. The summed E-state index contributed by atoms with van der Waals surface area (Å²) in [4.78, 5) is 40.6. The second-order valence-corrected chi connectivity index (χ2v) is 12.4. The van der Waals surface area contributed by atoms with Gasteiger partial charge in [-0.05, 0) is 91.9 Å². The number of aliphatic hydroxyl groups is 1. The minimum absolute atomic E-state index is 0.0848. The summed E-state index contributed by atoms with van der Waals surface area (Å²) in [5.41, 5.74) is 2.52. The Bertz CT molecular complexity index is 977. The van der Waals surface area contributed by atoms with Crippen LogP contribution in [0.25, 0.3) is 0 Å². The lowest BCUT2D eigenvalue weighted by Gasteiger charge is -2.57. The van der Waals surface area contributed by atoms with E-state index < -0.39 is 23.8 Å². The fourth-order valence-electron chi connectivity index (χ4n) is 7.76. The van der Waals surface area contributed by atoms with Crippen LogP contribution in [0.2, 0.25) is 0 Å². The van der Waals surface area contributed by atoms with Gasteiger partial charge in [-0.1, -0.05) is 38.4 Å². The van der Waals surface area contributed by atoms with Gasteiger partial charge in [0.1, 0.15) is 6.04 Å². The quantitative estimate of drug-likeness (QED) is 0.365. The van der Waals surface area contributed by atoms with Gasteiger partial charge in [-0.15, -0.1) is 0 Å². The lowest BCUT2D eigenvalue weighted by molar-refractivity contribution is -0.143. The summed E-state index contributed by atoms with van der Waals surface area (Å²) in [6.45, 7) is 7.49. The van der Waals surface area contributed by atoms with Crippen molar-refractivity contribution >= 4 is 23.5 Å². The van der Waals surface area contributed by atoms with Gasteiger partial charge in [0.25, 0.3) is 5.91 Å². The number of carbonyl (C=O) groups excluding carboxylic acids is 2. The fraction of sp³-hybridized carbons (Fsp3) is 0.786. The molecule has 0 aromatic heterocycles. The first-order chi connectivity index (χ1) is 17.5. The molecule has 0 bridgehead atoms. The van der Waals surface area contributed by atoms with Crippen molar-refractivity contribution in [1.29, 1.82) is 0 Å². The van der Waals surface area contributed by atoms with Crippen LogP contribution in [0.4, 0.5) is 0 Å². The molecule has 206 valence electrons. The van der Waals surface area contributed by atoms with Gasteiger partial charge in [0, 0.05) is 0 Å². The third-order valence-electron chi connectivity index (χ3n) is 10.0. The predicted octanol–water partition coefficient (Wildman–Crippen LogP) is 3.02. The molecule has 0 heterocycles. The van der Waals surface area contributed by atoms with Crippen molar-refractivity contribution in [1.82, 2.24) is 10.6 Å². The Morgan fingerprint density at radius 3 is 2.54 bits per heavy atom. The number of fused-ring (bicyclic) bond motifs is 5. The Labute approximate surface area is 219 Å². The average Bonchev–Trinajstić information content (AvgIpc) is 3.15. The summed E-state index contributed by atoms with van der Waals surface area (Å²) in [6, 6.07) is -1.00. The van der Waals surface area contributed by atoms with E-state index in [0.717, 1.165) is 50.7 Å². The number of aliphatic hydroxyl groups excluding tert-OH is 1. The summed E-state index contributed by atoms with van der Waals surface area (Å²) in [7, 11) is 0. The van der Waals surface area contributed by atoms with Crippen LogP contribution in [-0.4, -0.2) is 59.0 Å². The van der Waals surface area contributed by atoms with Crippen molar-refractivity contribution in [3.05, 3.63) is 11.6 Å². The third-order valence-corrected chi connectivity index (χ3v) is 10.0. The van der Waals surface area contributed by atoms with Gasteiger partial charge in [0.15, 0.2) is 6.61 Å². The maximum Gasteiger partial charge on any atom is 0.326 e. The smallest absolute Gasteiger partial charge is 0.326 e. The lowest BCUT2D eigenvalue weighted by atomic mass is 9.47. The zero-order valence-electron chi connectivity index (χ0n) is 22.6. The van der Waals surface area contributed by atoms with E-state index in [-0.39, 0.29) is 36.0 Å². The van der Waals surface area contributed by atoms with E-state index in [4.69, 9.17) is 9.94 Å². The van der Waals surface area contributed by atoms with Gasteiger partial charge in [-0.25, -0.2) is 4.79 Å².